The molecule has 3 heteroatoms. The van der Waals surface area contributed by atoms with E-state index in [0.717, 1.165) is 13.0 Å². The molecule has 118 valence electrons. The van der Waals surface area contributed by atoms with E-state index < -0.39 is 0 Å². The number of halogens is 2. The van der Waals surface area contributed by atoms with Crippen LogP contribution in [0.1, 0.15) is 69.9 Å². The third kappa shape index (κ3) is 5.16. The van der Waals surface area contributed by atoms with Gasteiger partial charge in [0, 0.05) is 6.04 Å². The predicted octanol–water partition coefficient (Wildman–Crippen LogP) is 6.39. The summed E-state index contributed by atoms with van der Waals surface area (Å²) in [5.74, 6) is 0.717. The van der Waals surface area contributed by atoms with Gasteiger partial charge in [0.05, 0.1) is 10.0 Å². The lowest BCUT2D eigenvalue weighted by Crippen LogP contribution is -2.29. The summed E-state index contributed by atoms with van der Waals surface area (Å²) < 4.78 is 0. The molecule has 0 heterocycles. The topological polar surface area (TPSA) is 12.0 Å². The number of hydrogen-bond donors (Lipinski definition) is 1. The van der Waals surface area contributed by atoms with Crippen molar-refractivity contribution in [3.8, 4) is 0 Å². The van der Waals surface area contributed by atoms with Gasteiger partial charge in [-0.25, -0.2) is 0 Å². The Balaban J connectivity index is 2.16. The van der Waals surface area contributed by atoms with Gasteiger partial charge in [-0.3, -0.25) is 0 Å². The molecule has 1 atom stereocenters. The Morgan fingerprint density at radius 1 is 1.05 bits per heavy atom. The van der Waals surface area contributed by atoms with E-state index in [9.17, 15) is 0 Å². The molecule has 1 aromatic carbocycles. The fourth-order valence-corrected chi connectivity index (χ4v) is 3.69. The number of hydrogen-bond acceptors (Lipinski definition) is 1. The fraction of sp³-hybridized carbons (Fsp3) is 0.667. The van der Waals surface area contributed by atoms with Gasteiger partial charge in [0.1, 0.15) is 0 Å². The molecular weight excluding hydrogens is 301 g/mol. The van der Waals surface area contributed by atoms with E-state index in [4.69, 9.17) is 23.2 Å². The van der Waals surface area contributed by atoms with E-state index in [1.54, 1.807) is 0 Å². The Hall–Kier alpha value is -0.240. The van der Waals surface area contributed by atoms with Crippen LogP contribution in [0.3, 0.4) is 0 Å². The SMILES string of the molecule is CCCNC(c1ccc(Cl)c(Cl)c1)C1CCCCCCC1. The average molecular weight is 328 g/mol. The lowest BCUT2D eigenvalue weighted by Gasteiger charge is -2.30. The number of rotatable bonds is 5. The summed E-state index contributed by atoms with van der Waals surface area (Å²) in [6.45, 7) is 3.28. The third-order valence-corrected chi connectivity index (χ3v) is 5.28. The highest BCUT2D eigenvalue weighted by Gasteiger charge is 2.23. The molecular formula is C18H27Cl2N. The molecule has 0 saturated heterocycles. The molecule has 1 saturated carbocycles. The molecule has 0 aromatic heterocycles. The Morgan fingerprint density at radius 3 is 2.33 bits per heavy atom. The first-order valence-corrected chi connectivity index (χ1v) is 9.16. The lowest BCUT2D eigenvalue weighted by atomic mass is 9.83. The van der Waals surface area contributed by atoms with Crippen LogP contribution in [0.4, 0.5) is 0 Å². The first kappa shape index (κ1) is 17.1. The van der Waals surface area contributed by atoms with Gasteiger partial charge >= 0.3 is 0 Å². The Morgan fingerprint density at radius 2 is 1.71 bits per heavy atom. The Labute approximate surface area is 139 Å². The van der Waals surface area contributed by atoms with Gasteiger partial charge in [0.25, 0.3) is 0 Å². The highest BCUT2D eigenvalue weighted by molar-refractivity contribution is 6.42. The van der Waals surface area contributed by atoms with Gasteiger partial charge in [-0.15, -0.1) is 0 Å². The molecule has 1 aromatic rings. The second-order valence-corrected chi connectivity index (χ2v) is 7.02. The van der Waals surface area contributed by atoms with Crippen LogP contribution in [0.25, 0.3) is 0 Å². The quantitative estimate of drug-likeness (QED) is 0.660. The second kappa shape index (κ2) is 9.02. The van der Waals surface area contributed by atoms with E-state index in [0.29, 0.717) is 22.0 Å². The van der Waals surface area contributed by atoms with Crippen molar-refractivity contribution in [3.63, 3.8) is 0 Å². The van der Waals surface area contributed by atoms with Crippen LogP contribution in [-0.4, -0.2) is 6.54 Å². The van der Waals surface area contributed by atoms with Gasteiger partial charge in [-0.05, 0) is 49.4 Å². The van der Waals surface area contributed by atoms with Crippen LogP contribution in [0.15, 0.2) is 18.2 Å². The number of benzene rings is 1. The minimum absolute atomic E-state index is 0.415. The number of nitrogens with one attached hydrogen (secondary N) is 1. The Bertz CT molecular complexity index is 425. The first-order chi connectivity index (χ1) is 10.2. The average Bonchev–Trinajstić information content (AvgIpc) is 2.44. The summed E-state index contributed by atoms with van der Waals surface area (Å²) in [5, 5.41) is 5.06. The van der Waals surface area contributed by atoms with Crippen molar-refractivity contribution >= 4 is 23.2 Å². The van der Waals surface area contributed by atoms with Crippen molar-refractivity contribution in [2.24, 2.45) is 5.92 Å². The molecule has 0 radical (unpaired) electrons. The highest BCUT2D eigenvalue weighted by atomic mass is 35.5. The third-order valence-electron chi connectivity index (χ3n) is 4.54. The van der Waals surface area contributed by atoms with E-state index in [-0.39, 0.29) is 0 Å². The van der Waals surface area contributed by atoms with Crippen LogP contribution >= 0.6 is 23.2 Å². The van der Waals surface area contributed by atoms with Crippen LogP contribution in [0.5, 0.6) is 0 Å². The smallest absolute Gasteiger partial charge is 0.0595 e. The standard InChI is InChI=1S/C18H27Cl2N/c1-2-12-21-18(14-8-6-4-3-5-7-9-14)15-10-11-16(19)17(20)13-15/h10-11,13-14,18,21H,2-9,12H2,1H3. The predicted molar refractivity (Wildman–Crippen MR) is 93.3 cm³/mol. The van der Waals surface area contributed by atoms with Crippen molar-refractivity contribution in [1.29, 1.82) is 0 Å². The summed E-state index contributed by atoms with van der Waals surface area (Å²) in [6.07, 6.45) is 10.7. The molecule has 1 aliphatic carbocycles. The minimum Gasteiger partial charge on any atom is -0.310 e. The van der Waals surface area contributed by atoms with E-state index in [1.165, 1.54) is 50.5 Å². The molecule has 0 amide bonds. The zero-order valence-electron chi connectivity index (χ0n) is 13.0. The molecule has 0 bridgehead atoms. The highest BCUT2D eigenvalue weighted by Crippen LogP contribution is 2.35. The largest absolute Gasteiger partial charge is 0.310 e. The normalized spacial score (nSPS) is 19.0. The van der Waals surface area contributed by atoms with Gasteiger partial charge in [0.2, 0.25) is 0 Å². The molecule has 0 spiro atoms. The molecule has 1 nitrogen and oxygen atoms in total. The van der Waals surface area contributed by atoms with E-state index in [2.05, 4.69) is 24.4 Å². The first-order valence-electron chi connectivity index (χ1n) is 8.40. The van der Waals surface area contributed by atoms with Gasteiger partial charge in [0.15, 0.2) is 0 Å². The van der Waals surface area contributed by atoms with Gasteiger partial charge in [-0.1, -0.05) is 68.3 Å². The fourth-order valence-electron chi connectivity index (χ4n) is 3.38. The molecule has 1 fully saturated rings. The lowest BCUT2D eigenvalue weighted by molar-refractivity contribution is 0.289. The zero-order chi connectivity index (χ0) is 15.1. The maximum absolute atomic E-state index is 6.23. The van der Waals surface area contributed by atoms with Crippen LogP contribution in [0.2, 0.25) is 10.0 Å². The summed E-state index contributed by atoms with van der Waals surface area (Å²) in [7, 11) is 0. The summed E-state index contributed by atoms with van der Waals surface area (Å²) in [4.78, 5) is 0. The molecule has 21 heavy (non-hydrogen) atoms. The van der Waals surface area contributed by atoms with E-state index in [1.807, 2.05) is 6.07 Å². The maximum Gasteiger partial charge on any atom is 0.0595 e. The molecule has 2 rings (SSSR count). The summed E-state index contributed by atoms with van der Waals surface area (Å²) in [6, 6.07) is 6.54. The molecule has 1 aliphatic rings. The minimum atomic E-state index is 0.415. The molecule has 0 aliphatic heterocycles. The van der Waals surface area contributed by atoms with Gasteiger partial charge in [-0.2, -0.15) is 0 Å². The maximum atomic E-state index is 6.23. The van der Waals surface area contributed by atoms with Crippen molar-refractivity contribution < 1.29 is 0 Å². The molecule has 1 unspecified atom stereocenters. The summed E-state index contributed by atoms with van der Waals surface area (Å²) in [5.41, 5.74) is 1.29. The molecule has 1 N–H and O–H groups in total. The van der Waals surface area contributed by atoms with Gasteiger partial charge < -0.3 is 5.32 Å². The van der Waals surface area contributed by atoms with Crippen LogP contribution in [-0.2, 0) is 0 Å². The second-order valence-electron chi connectivity index (χ2n) is 6.21. The monoisotopic (exact) mass is 327 g/mol. The van der Waals surface area contributed by atoms with E-state index >= 15 is 0 Å². The van der Waals surface area contributed by atoms with Crippen molar-refractivity contribution in [2.45, 2.75) is 64.3 Å². The van der Waals surface area contributed by atoms with Crippen molar-refractivity contribution in [1.82, 2.24) is 5.32 Å². The zero-order valence-corrected chi connectivity index (χ0v) is 14.5. The van der Waals surface area contributed by atoms with Crippen LogP contribution in [0, 0.1) is 5.92 Å². The summed E-state index contributed by atoms with van der Waals surface area (Å²) >= 11 is 12.3. The Kier molecular flexibility index (Phi) is 7.36. The van der Waals surface area contributed by atoms with Crippen molar-refractivity contribution in [3.05, 3.63) is 33.8 Å². The van der Waals surface area contributed by atoms with Crippen LogP contribution < -0.4 is 5.32 Å². The van der Waals surface area contributed by atoms with Crippen molar-refractivity contribution in [2.75, 3.05) is 6.54 Å².